The van der Waals surface area contributed by atoms with Crippen molar-refractivity contribution in [2.45, 2.75) is 109 Å². The number of carboxylic acid groups (broad SMARTS) is 1. The fourth-order valence-electron chi connectivity index (χ4n) is 4.50. The summed E-state index contributed by atoms with van der Waals surface area (Å²) in [5, 5.41) is 37.6. The Morgan fingerprint density at radius 1 is 1.10 bits per heavy atom. The number of aliphatic hydroxyl groups excluding tert-OH is 2. The van der Waals surface area contributed by atoms with Crippen LogP contribution < -0.4 is 0 Å². The minimum atomic E-state index is -1.88. The van der Waals surface area contributed by atoms with Crippen molar-refractivity contribution >= 4 is 17.7 Å². The van der Waals surface area contributed by atoms with Gasteiger partial charge in [0.1, 0.15) is 5.92 Å². The topological polar surface area (TPSA) is 98.0 Å². The highest BCUT2D eigenvalue weighted by molar-refractivity contribution is 8.00. The second-order valence-electron chi connectivity index (χ2n) is 8.92. The van der Waals surface area contributed by atoms with Crippen LogP contribution in [-0.4, -0.2) is 49.8 Å². The van der Waals surface area contributed by atoms with Crippen molar-refractivity contribution in [2.24, 2.45) is 17.8 Å². The van der Waals surface area contributed by atoms with Gasteiger partial charge in [0.2, 0.25) is 0 Å². The van der Waals surface area contributed by atoms with Crippen LogP contribution in [0.15, 0.2) is 12.2 Å². The van der Waals surface area contributed by atoms with Crippen molar-refractivity contribution in [1.82, 2.24) is 0 Å². The van der Waals surface area contributed by atoms with Crippen LogP contribution in [0.1, 0.15) is 90.9 Å². The second kappa shape index (κ2) is 16.1. The lowest BCUT2D eigenvalue weighted by Crippen LogP contribution is -2.37. The van der Waals surface area contributed by atoms with Gasteiger partial charge in [-0.15, -0.1) is 0 Å². The van der Waals surface area contributed by atoms with Gasteiger partial charge in [0, 0.05) is 11.0 Å². The molecule has 1 saturated carbocycles. The zero-order valence-corrected chi connectivity index (χ0v) is 19.7. The standard InChI is InChI=1S/C24H44O5S/c1-3-4-5-6-7-8-12-19-14-11-15-20(19)13-9-10-16-21(30-17-18(2)25)22(23(26)27)24(28)29/h8,12,18-23,25-27H,3-7,9-11,13-17H2,1-2H3,(H,28,29)/t18?,19-,20-,21?,22?/m0/s1. The fraction of sp³-hybridized carbons (Fsp3) is 0.875. The minimum absolute atomic E-state index is 0.398. The summed E-state index contributed by atoms with van der Waals surface area (Å²) in [6, 6.07) is 0. The summed E-state index contributed by atoms with van der Waals surface area (Å²) in [7, 11) is 0. The van der Waals surface area contributed by atoms with Crippen LogP contribution in [0.3, 0.4) is 0 Å². The lowest BCUT2D eigenvalue weighted by molar-refractivity contribution is -0.158. The summed E-state index contributed by atoms with van der Waals surface area (Å²) in [4.78, 5) is 11.5. The van der Waals surface area contributed by atoms with Crippen molar-refractivity contribution in [1.29, 1.82) is 0 Å². The third kappa shape index (κ3) is 11.2. The molecule has 1 fully saturated rings. The van der Waals surface area contributed by atoms with Gasteiger partial charge in [-0.3, -0.25) is 4.79 Å². The molecule has 0 heterocycles. The van der Waals surface area contributed by atoms with Crippen molar-refractivity contribution in [3.8, 4) is 0 Å². The molecule has 5 atom stereocenters. The normalized spacial score (nSPS) is 22.6. The number of rotatable bonds is 17. The first-order valence-electron chi connectivity index (χ1n) is 11.9. The van der Waals surface area contributed by atoms with Crippen molar-refractivity contribution in [2.75, 3.05) is 5.75 Å². The molecule has 3 unspecified atom stereocenters. The number of allylic oxidation sites excluding steroid dienone is 2. The number of unbranched alkanes of at least 4 members (excludes halogenated alkanes) is 5. The molecule has 0 aromatic carbocycles. The zero-order valence-electron chi connectivity index (χ0n) is 18.9. The molecular formula is C24H44O5S. The molecule has 0 aliphatic heterocycles. The van der Waals surface area contributed by atoms with Gasteiger partial charge in [0.15, 0.2) is 6.29 Å². The summed E-state index contributed by atoms with van der Waals surface area (Å²) in [5.74, 6) is -0.604. The van der Waals surface area contributed by atoms with Gasteiger partial charge in [-0.05, 0) is 57.3 Å². The number of carbonyl (C=O) groups is 1. The van der Waals surface area contributed by atoms with E-state index in [4.69, 9.17) is 0 Å². The molecule has 1 aliphatic rings. The molecule has 0 amide bonds. The Labute approximate surface area is 187 Å². The summed E-state index contributed by atoms with van der Waals surface area (Å²) < 4.78 is 0. The third-order valence-electron chi connectivity index (χ3n) is 6.20. The number of carboxylic acids is 1. The van der Waals surface area contributed by atoms with Gasteiger partial charge in [-0.2, -0.15) is 11.8 Å². The molecule has 6 heteroatoms. The minimum Gasteiger partial charge on any atom is -0.481 e. The van der Waals surface area contributed by atoms with E-state index < -0.39 is 29.5 Å². The second-order valence-corrected chi connectivity index (χ2v) is 10.2. The summed E-state index contributed by atoms with van der Waals surface area (Å²) in [6.07, 6.45) is 16.3. The van der Waals surface area contributed by atoms with Gasteiger partial charge in [0.05, 0.1) is 6.10 Å². The lowest BCUT2D eigenvalue weighted by Gasteiger charge is -2.25. The Morgan fingerprint density at radius 2 is 1.87 bits per heavy atom. The van der Waals surface area contributed by atoms with E-state index in [0.717, 1.165) is 25.2 Å². The van der Waals surface area contributed by atoms with E-state index in [-0.39, 0.29) is 0 Å². The predicted octanol–water partition coefficient (Wildman–Crippen LogP) is 4.98. The quantitative estimate of drug-likeness (QED) is 0.143. The molecular weight excluding hydrogens is 400 g/mol. The van der Waals surface area contributed by atoms with Crippen LogP contribution in [0.25, 0.3) is 0 Å². The fourth-order valence-corrected chi connectivity index (χ4v) is 5.82. The Bertz CT molecular complexity index is 480. The molecule has 30 heavy (non-hydrogen) atoms. The summed E-state index contributed by atoms with van der Waals surface area (Å²) in [5.41, 5.74) is 0. The van der Waals surface area contributed by atoms with Gasteiger partial charge < -0.3 is 20.4 Å². The number of hydrogen-bond acceptors (Lipinski definition) is 5. The molecule has 0 aromatic heterocycles. The average molecular weight is 445 g/mol. The highest BCUT2D eigenvalue weighted by Gasteiger charge is 2.34. The van der Waals surface area contributed by atoms with E-state index in [2.05, 4.69) is 19.1 Å². The molecule has 0 bridgehead atoms. The van der Waals surface area contributed by atoms with Gasteiger partial charge in [-0.1, -0.05) is 57.6 Å². The molecule has 1 rings (SSSR count). The zero-order chi connectivity index (χ0) is 22.4. The maximum atomic E-state index is 11.5. The Morgan fingerprint density at radius 3 is 2.50 bits per heavy atom. The SMILES string of the molecule is CCCCCCC=C[C@H]1CCC[C@@H]1CCCCC(SCC(C)O)C(C(=O)O)C(O)O. The highest BCUT2D eigenvalue weighted by atomic mass is 32.2. The number of aliphatic hydroxyl groups is 3. The Hall–Kier alpha value is -0.560. The first-order chi connectivity index (χ1) is 14.4. The molecule has 1 aliphatic carbocycles. The van der Waals surface area contributed by atoms with Gasteiger partial charge in [-0.25, -0.2) is 0 Å². The Kier molecular flexibility index (Phi) is 14.8. The molecule has 176 valence electrons. The maximum absolute atomic E-state index is 11.5. The van der Waals surface area contributed by atoms with Gasteiger partial charge in [0.25, 0.3) is 0 Å². The first kappa shape index (κ1) is 27.5. The lowest BCUT2D eigenvalue weighted by atomic mass is 9.89. The van der Waals surface area contributed by atoms with Crippen LogP contribution in [0.2, 0.25) is 0 Å². The first-order valence-corrected chi connectivity index (χ1v) is 13.0. The smallest absolute Gasteiger partial charge is 0.312 e. The summed E-state index contributed by atoms with van der Waals surface area (Å²) in [6.45, 7) is 3.90. The van der Waals surface area contributed by atoms with Crippen LogP contribution in [-0.2, 0) is 4.79 Å². The third-order valence-corrected chi connectivity index (χ3v) is 7.83. The molecule has 0 spiro atoms. The molecule has 0 aromatic rings. The van der Waals surface area contributed by atoms with E-state index in [1.807, 2.05) is 0 Å². The number of thioether (sulfide) groups is 1. The average Bonchev–Trinajstić information content (AvgIpc) is 3.12. The van der Waals surface area contributed by atoms with Crippen LogP contribution in [0, 0.1) is 17.8 Å². The van der Waals surface area contributed by atoms with Crippen molar-refractivity contribution in [3.63, 3.8) is 0 Å². The number of hydrogen-bond donors (Lipinski definition) is 4. The van der Waals surface area contributed by atoms with Crippen LogP contribution in [0.4, 0.5) is 0 Å². The predicted molar refractivity (Wildman–Crippen MR) is 124 cm³/mol. The number of aliphatic carboxylic acids is 1. The molecule has 5 nitrogen and oxygen atoms in total. The van der Waals surface area contributed by atoms with Gasteiger partial charge >= 0.3 is 5.97 Å². The van der Waals surface area contributed by atoms with Crippen molar-refractivity contribution < 1.29 is 25.2 Å². The van der Waals surface area contributed by atoms with E-state index in [0.29, 0.717) is 18.1 Å². The van der Waals surface area contributed by atoms with Crippen LogP contribution in [0.5, 0.6) is 0 Å². The molecule has 0 radical (unpaired) electrons. The van der Waals surface area contributed by atoms with E-state index in [9.17, 15) is 25.2 Å². The highest BCUT2D eigenvalue weighted by Crippen LogP contribution is 2.37. The molecule has 4 N–H and O–H groups in total. The van der Waals surface area contributed by atoms with E-state index in [1.165, 1.54) is 63.1 Å². The summed E-state index contributed by atoms with van der Waals surface area (Å²) >= 11 is 1.33. The van der Waals surface area contributed by atoms with Crippen LogP contribution >= 0.6 is 11.8 Å². The van der Waals surface area contributed by atoms with E-state index >= 15 is 0 Å². The maximum Gasteiger partial charge on any atom is 0.312 e. The van der Waals surface area contributed by atoms with Crippen molar-refractivity contribution in [3.05, 3.63) is 12.2 Å². The largest absolute Gasteiger partial charge is 0.481 e. The monoisotopic (exact) mass is 444 g/mol. The van der Waals surface area contributed by atoms with E-state index in [1.54, 1.807) is 6.92 Å². The molecule has 0 saturated heterocycles. The Balaban J connectivity index is 2.42.